The Hall–Kier alpha value is -1.88. The normalized spacial score (nSPS) is 11.9. The number of methoxy groups -OCH3 is 1. The van der Waals surface area contributed by atoms with E-state index in [-0.39, 0.29) is 12.8 Å². The number of hydrogen-bond acceptors (Lipinski definition) is 4. The minimum absolute atomic E-state index is 0.0311. The highest BCUT2D eigenvalue weighted by molar-refractivity contribution is 5.91. The molecule has 17 heavy (non-hydrogen) atoms. The summed E-state index contributed by atoms with van der Waals surface area (Å²) >= 11 is 0. The molecule has 0 aliphatic rings. The van der Waals surface area contributed by atoms with Gasteiger partial charge >= 0.3 is 11.9 Å². The number of carbonyl (C=O) groups is 2. The third-order valence-corrected chi connectivity index (χ3v) is 2.43. The van der Waals surface area contributed by atoms with Gasteiger partial charge in [-0.1, -0.05) is 18.2 Å². The Labute approximate surface area is 99.2 Å². The summed E-state index contributed by atoms with van der Waals surface area (Å²) in [6.07, 6.45) is 0.250. The van der Waals surface area contributed by atoms with Crippen molar-refractivity contribution < 1.29 is 19.4 Å². The molecule has 0 saturated carbocycles. The number of ether oxygens (including phenoxy) is 1. The van der Waals surface area contributed by atoms with Crippen LogP contribution in [0.15, 0.2) is 24.3 Å². The number of esters is 1. The molecular formula is C12H15NO4. The molecule has 0 aliphatic heterocycles. The van der Waals surface area contributed by atoms with Gasteiger partial charge in [-0.3, -0.25) is 4.79 Å². The summed E-state index contributed by atoms with van der Waals surface area (Å²) in [7, 11) is 1.29. The maximum absolute atomic E-state index is 11.5. The number of carboxylic acid groups (broad SMARTS) is 1. The summed E-state index contributed by atoms with van der Waals surface area (Å²) in [6, 6.07) is 6.30. The van der Waals surface area contributed by atoms with Crippen molar-refractivity contribution in [3.8, 4) is 0 Å². The lowest BCUT2D eigenvalue weighted by Gasteiger charge is -2.14. The van der Waals surface area contributed by atoms with Crippen molar-refractivity contribution in [3.05, 3.63) is 35.4 Å². The average molecular weight is 237 g/mol. The summed E-state index contributed by atoms with van der Waals surface area (Å²) in [5.41, 5.74) is 6.86. The molecule has 5 heteroatoms. The monoisotopic (exact) mass is 237 g/mol. The minimum Gasteiger partial charge on any atom is -0.481 e. The Kier molecular flexibility index (Phi) is 4.66. The van der Waals surface area contributed by atoms with Gasteiger partial charge < -0.3 is 15.6 Å². The number of rotatable bonds is 5. The summed E-state index contributed by atoms with van der Waals surface area (Å²) in [5, 5.41) is 8.59. The third-order valence-electron chi connectivity index (χ3n) is 2.43. The van der Waals surface area contributed by atoms with Crippen LogP contribution in [-0.2, 0) is 9.53 Å². The summed E-state index contributed by atoms with van der Waals surface area (Å²) in [4.78, 5) is 21.9. The smallest absolute Gasteiger partial charge is 0.338 e. The molecule has 0 saturated heterocycles. The molecule has 0 spiro atoms. The van der Waals surface area contributed by atoms with Crippen molar-refractivity contribution in [3.63, 3.8) is 0 Å². The van der Waals surface area contributed by atoms with Crippen molar-refractivity contribution in [2.45, 2.75) is 18.9 Å². The van der Waals surface area contributed by atoms with E-state index >= 15 is 0 Å². The van der Waals surface area contributed by atoms with E-state index in [1.165, 1.54) is 7.11 Å². The Bertz CT molecular complexity index is 417. The molecule has 0 amide bonds. The number of nitrogens with two attached hydrogens (primary N) is 1. The maximum Gasteiger partial charge on any atom is 0.338 e. The Morgan fingerprint density at radius 1 is 1.41 bits per heavy atom. The Balaban J connectivity index is 2.88. The van der Waals surface area contributed by atoms with E-state index in [9.17, 15) is 9.59 Å². The second-order valence-corrected chi connectivity index (χ2v) is 3.62. The molecule has 1 atom stereocenters. The van der Waals surface area contributed by atoms with Gasteiger partial charge in [-0.15, -0.1) is 0 Å². The zero-order valence-corrected chi connectivity index (χ0v) is 9.55. The highest BCUT2D eigenvalue weighted by atomic mass is 16.5. The van der Waals surface area contributed by atoms with Gasteiger partial charge in [0.25, 0.3) is 0 Å². The van der Waals surface area contributed by atoms with Gasteiger partial charge in [-0.25, -0.2) is 4.79 Å². The minimum atomic E-state index is -0.906. The number of aliphatic carboxylic acids is 1. The Morgan fingerprint density at radius 3 is 2.65 bits per heavy atom. The molecule has 3 N–H and O–H groups in total. The summed E-state index contributed by atoms with van der Waals surface area (Å²) < 4.78 is 4.64. The van der Waals surface area contributed by atoms with Gasteiger partial charge in [0.05, 0.1) is 12.7 Å². The van der Waals surface area contributed by atoms with E-state index in [2.05, 4.69) is 4.74 Å². The van der Waals surface area contributed by atoms with Gasteiger partial charge in [0, 0.05) is 12.5 Å². The van der Waals surface area contributed by atoms with Crippen molar-refractivity contribution in [2.24, 2.45) is 5.73 Å². The lowest BCUT2D eigenvalue weighted by atomic mass is 9.97. The van der Waals surface area contributed by atoms with E-state index in [1.807, 2.05) is 0 Å². The topological polar surface area (TPSA) is 89.6 Å². The van der Waals surface area contributed by atoms with Crippen LogP contribution in [0.3, 0.4) is 0 Å². The molecule has 1 aromatic rings. The molecule has 92 valence electrons. The largest absolute Gasteiger partial charge is 0.481 e. The van der Waals surface area contributed by atoms with Crippen molar-refractivity contribution in [1.82, 2.24) is 0 Å². The number of hydrogen-bond donors (Lipinski definition) is 2. The van der Waals surface area contributed by atoms with Gasteiger partial charge in [0.15, 0.2) is 0 Å². The predicted molar refractivity (Wildman–Crippen MR) is 61.6 cm³/mol. The number of benzene rings is 1. The van der Waals surface area contributed by atoms with Crippen LogP contribution in [0.5, 0.6) is 0 Å². The molecule has 1 aromatic carbocycles. The summed E-state index contributed by atoms with van der Waals surface area (Å²) in [5.74, 6) is -1.37. The first kappa shape index (κ1) is 13.2. The highest BCUT2D eigenvalue weighted by Crippen LogP contribution is 2.20. The molecule has 0 aliphatic carbocycles. The van der Waals surface area contributed by atoms with Crippen LogP contribution >= 0.6 is 0 Å². The standard InChI is InChI=1S/C12H15NO4/c1-17-12(16)9-5-3-2-4-8(9)10(13)6-7-11(14)15/h2-5,10H,6-7,13H2,1H3,(H,14,15). The lowest BCUT2D eigenvalue weighted by molar-refractivity contribution is -0.137. The first-order chi connectivity index (χ1) is 8.06. The van der Waals surface area contributed by atoms with E-state index < -0.39 is 18.0 Å². The molecule has 1 rings (SSSR count). The van der Waals surface area contributed by atoms with Crippen LogP contribution in [0.1, 0.15) is 34.8 Å². The SMILES string of the molecule is COC(=O)c1ccccc1C(N)CCC(=O)O. The van der Waals surface area contributed by atoms with Gasteiger partial charge in [-0.05, 0) is 18.1 Å². The van der Waals surface area contributed by atoms with Crippen molar-refractivity contribution in [1.29, 1.82) is 0 Å². The first-order valence-electron chi connectivity index (χ1n) is 5.21. The van der Waals surface area contributed by atoms with Crippen LogP contribution in [0.4, 0.5) is 0 Å². The molecule has 1 unspecified atom stereocenters. The van der Waals surface area contributed by atoms with Crippen LogP contribution in [0.2, 0.25) is 0 Å². The van der Waals surface area contributed by atoms with Crippen LogP contribution in [0, 0.1) is 0 Å². The fourth-order valence-electron chi connectivity index (χ4n) is 1.55. The zero-order chi connectivity index (χ0) is 12.8. The maximum atomic E-state index is 11.5. The van der Waals surface area contributed by atoms with Crippen molar-refractivity contribution >= 4 is 11.9 Å². The molecule has 0 radical (unpaired) electrons. The molecule has 0 fully saturated rings. The fraction of sp³-hybridized carbons (Fsp3) is 0.333. The highest BCUT2D eigenvalue weighted by Gasteiger charge is 2.16. The molecular weight excluding hydrogens is 222 g/mol. The molecule has 0 aromatic heterocycles. The van der Waals surface area contributed by atoms with Gasteiger partial charge in [0.1, 0.15) is 0 Å². The molecule has 5 nitrogen and oxygen atoms in total. The molecule has 0 heterocycles. The second kappa shape index (κ2) is 6.00. The predicted octanol–water partition coefficient (Wildman–Crippen LogP) is 1.34. The van der Waals surface area contributed by atoms with Gasteiger partial charge in [0.2, 0.25) is 0 Å². The van der Waals surface area contributed by atoms with Gasteiger partial charge in [-0.2, -0.15) is 0 Å². The average Bonchev–Trinajstić information content (AvgIpc) is 2.34. The van der Waals surface area contributed by atoms with Crippen molar-refractivity contribution in [2.75, 3.05) is 7.11 Å². The lowest BCUT2D eigenvalue weighted by Crippen LogP contribution is -2.16. The quantitative estimate of drug-likeness (QED) is 0.754. The van der Waals surface area contributed by atoms with E-state index in [0.29, 0.717) is 11.1 Å². The number of carbonyl (C=O) groups excluding carboxylic acids is 1. The second-order valence-electron chi connectivity index (χ2n) is 3.62. The van der Waals surface area contributed by atoms with Crippen LogP contribution in [-0.4, -0.2) is 24.2 Å². The first-order valence-corrected chi connectivity index (χ1v) is 5.21. The van der Waals surface area contributed by atoms with E-state index in [1.54, 1.807) is 24.3 Å². The number of carboxylic acids is 1. The fourth-order valence-corrected chi connectivity index (χ4v) is 1.55. The third kappa shape index (κ3) is 3.57. The Morgan fingerprint density at radius 2 is 2.06 bits per heavy atom. The van der Waals surface area contributed by atoms with E-state index in [0.717, 1.165) is 0 Å². The summed E-state index contributed by atoms with van der Waals surface area (Å²) in [6.45, 7) is 0. The van der Waals surface area contributed by atoms with Crippen LogP contribution in [0.25, 0.3) is 0 Å². The van der Waals surface area contributed by atoms with Crippen LogP contribution < -0.4 is 5.73 Å². The van der Waals surface area contributed by atoms with E-state index in [4.69, 9.17) is 10.8 Å². The zero-order valence-electron chi connectivity index (χ0n) is 9.55. The molecule has 0 bridgehead atoms.